The maximum Gasteiger partial charge on any atom is 0.308 e. The van der Waals surface area contributed by atoms with Crippen LogP contribution in [0.4, 0.5) is 0 Å². The van der Waals surface area contributed by atoms with Crippen LogP contribution in [0.3, 0.4) is 0 Å². The monoisotopic (exact) mass is 348 g/mol. The van der Waals surface area contributed by atoms with E-state index in [1.165, 1.54) is 6.26 Å². The van der Waals surface area contributed by atoms with Gasteiger partial charge in [0.25, 0.3) is 5.91 Å². The van der Waals surface area contributed by atoms with Crippen LogP contribution in [0, 0.1) is 17.8 Å². The van der Waals surface area contributed by atoms with Gasteiger partial charge in [-0.15, -0.1) is 0 Å². The molecule has 1 aliphatic carbocycles. The number of morpholine rings is 1. The van der Waals surface area contributed by atoms with Crippen LogP contribution in [0.2, 0.25) is 0 Å². The number of furan rings is 1. The fourth-order valence-corrected chi connectivity index (χ4v) is 4.00. The SMILES string of the molecule is O=C(O)[C@@H]1CN(C(=O)c2coc(CN3CCOCC3)c2)C[C@H]1C1CC1. The third-order valence-electron chi connectivity index (χ3n) is 5.58. The van der Waals surface area contributed by atoms with Gasteiger partial charge in [0.05, 0.1) is 31.2 Å². The van der Waals surface area contributed by atoms with Crippen molar-refractivity contribution in [3.05, 3.63) is 23.7 Å². The highest BCUT2D eigenvalue weighted by atomic mass is 16.5. The minimum atomic E-state index is -0.785. The molecule has 3 heterocycles. The van der Waals surface area contributed by atoms with Gasteiger partial charge in [-0.3, -0.25) is 14.5 Å². The van der Waals surface area contributed by atoms with Gasteiger partial charge in [-0.1, -0.05) is 0 Å². The molecule has 7 nitrogen and oxygen atoms in total. The molecule has 1 amide bonds. The third kappa shape index (κ3) is 3.57. The van der Waals surface area contributed by atoms with Crippen LogP contribution in [0.15, 0.2) is 16.7 Å². The number of likely N-dealkylation sites (tertiary alicyclic amines) is 1. The third-order valence-corrected chi connectivity index (χ3v) is 5.58. The highest BCUT2D eigenvalue weighted by molar-refractivity contribution is 5.94. The van der Waals surface area contributed by atoms with Crippen molar-refractivity contribution in [1.82, 2.24) is 9.80 Å². The molecule has 0 spiro atoms. The highest BCUT2D eigenvalue weighted by Gasteiger charge is 2.47. The summed E-state index contributed by atoms with van der Waals surface area (Å²) in [7, 11) is 0. The first kappa shape index (κ1) is 16.6. The normalized spacial score (nSPS) is 27.6. The molecule has 136 valence electrons. The van der Waals surface area contributed by atoms with Crippen LogP contribution in [0.25, 0.3) is 0 Å². The lowest BCUT2D eigenvalue weighted by Gasteiger charge is -2.25. The molecular formula is C18H24N2O5. The zero-order valence-electron chi connectivity index (χ0n) is 14.2. The van der Waals surface area contributed by atoms with E-state index >= 15 is 0 Å². The molecule has 4 rings (SSSR count). The number of amides is 1. The number of hydrogen-bond acceptors (Lipinski definition) is 5. The molecule has 7 heteroatoms. The largest absolute Gasteiger partial charge is 0.481 e. The summed E-state index contributed by atoms with van der Waals surface area (Å²) in [6.45, 7) is 4.68. The zero-order chi connectivity index (χ0) is 17.4. The predicted molar refractivity (Wildman–Crippen MR) is 88.0 cm³/mol. The molecular weight excluding hydrogens is 324 g/mol. The van der Waals surface area contributed by atoms with E-state index in [2.05, 4.69) is 4.90 Å². The standard InChI is InChI=1S/C18H24N2O5/c21-17(20-9-15(12-1-2-12)16(10-20)18(22)23)13-7-14(25-11-13)8-19-3-5-24-6-4-19/h7,11-12,15-16H,1-6,8-10H2,(H,22,23)/t15-,16+/m0/s1. The molecule has 1 aromatic rings. The molecule has 1 saturated carbocycles. The molecule has 1 aromatic heterocycles. The second-order valence-electron chi connectivity index (χ2n) is 7.35. The van der Waals surface area contributed by atoms with Gasteiger partial charge >= 0.3 is 5.97 Å². The summed E-state index contributed by atoms with van der Waals surface area (Å²) in [4.78, 5) is 28.2. The van der Waals surface area contributed by atoms with E-state index < -0.39 is 11.9 Å². The van der Waals surface area contributed by atoms with E-state index in [9.17, 15) is 14.7 Å². The fraction of sp³-hybridized carbons (Fsp3) is 0.667. The summed E-state index contributed by atoms with van der Waals surface area (Å²) in [6, 6.07) is 1.79. The number of hydrogen-bond donors (Lipinski definition) is 1. The van der Waals surface area contributed by atoms with Gasteiger partial charge in [0, 0.05) is 26.2 Å². The van der Waals surface area contributed by atoms with Crippen molar-refractivity contribution in [3.8, 4) is 0 Å². The summed E-state index contributed by atoms with van der Waals surface area (Å²) >= 11 is 0. The number of carbonyl (C=O) groups is 2. The number of carboxylic acid groups (broad SMARTS) is 1. The molecule has 2 aliphatic heterocycles. The Morgan fingerprint density at radius 3 is 2.64 bits per heavy atom. The molecule has 3 aliphatic rings. The van der Waals surface area contributed by atoms with E-state index in [0.29, 0.717) is 31.1 Å². The number of ether oxygens (including phenoxy) is 1. The number of aliphatic carboxylic acids is 1. The molecule has 0 bridgehead atoms. The second-order valence-corrected chi connectivity index (χ2v) is 7.35. The molecule has 0 aromatic carbocycles. The number of rotatable bonds is 5. The van der Waals surface area contributed by atoms with Crippen molar-refractivity contribution in [2.45, 2.75) is 19.4 Å². The summed E-state index contributed by atoms with van der Waals surface area (Å²) in [6.07, 6.45) is 3.68. The molecule has 0 unspecified atom stereocenters. The Balaban J connectivity index is 1.40. The van der Waals surface area contributed by atoms with Crippen LogP contribution < -0.4 is 0 Å². The lowest BCUT2D eigenvalue weighted by molar-refractivity contribution is -0.142. The maximum absolute atomic E-state index is 12.7. The average molecular weight is 348 g/mol. The van der Waals surface area contributed by atoms with E-state index in [1.54, 1.807) is 11.0 Å². The molecule has 0 radical (unpaired) electrons. The molecule has 3 fully saturated rings. The van der Waals surface area contributed by atoms with E-state index in [0.717, 1.165) is 44.9 Å². The Labute approximate surface area is 146 Å². The minimum absolute atomic E-state index is 0.0983. The number of carbonyl (C=O) groups excluding carboxylic acids is 1. The second kappa shape index (κ2) is 6.80. The Morgan fingerprint density at radius 1 is 1.20 bits per heavy atom. The van der Waals surface area contributed by atoms with Crippen molar-refractivity contribution in [3.63, 3.8) is 0 Å². The Bertz CT molecular complexity index is 648. The summed E-state index contributed by atoms with van der Waals surface area (Å²) < 4.78 is 10.9. The predicted octanol–water partition coefficient (Wildman–Crippen LogP) is 1.29. The lowest BCUT2D eigenvalue weighted by Crippen LogP contribution is -2.35. The zero-order valence-corrected chi connectivity index (χ0v) is 14.2. The Hall–Kier alpha value is -1.86. The highest BCUT2D eigenvalue weighted by Crippen LogP contribution is 2.44. The first-order chi connectivity index (χ1) is 12.1. The summed E-state index contributed by atoms with van der Waals surface area (Å²) in [5, 5.41) is 9.44. The smallest absolute Gasteiger partial charge is 0.308 e. The molecule has 25 heavy (non-hydrogen) atoms. The lowest BCUT2D eigenvalue weighted by atomic mass is 9.92. The molecule has 2 atom stereocenters. The molecule has 2 saturated heterocycles. The van der Waals surface area contributed by atoms with Gasteiger partial charge < -0.3 is 19.2 Å². The van der Waals surface area contributed by atoms with E-state index in [4.69, 9.17) is 9.15 Å². The average Bonchev–Trinajstić information content (AvgIpc) is 3.18. The van der Waals surface area contributed by atoms with E-state index in [1.807, 2.05) is 0 Å². The fourth-order valence-electron chi connectivity index (χ4n) is 4.00. The van der Waals surface area contributed by atoms with Gasteiger partial charge in [-0.2, -0.15) is 0 Å². The van der Waals surface area contributed by atoms with Gasteiger partial charge in [0.15, 0.2) is 0 Å². The Morgan fingerprint density at radius 2 is 1.96 bits per heavy atom. The quantitative estimate of drug-likeness (QED) is 0.863. The van der Waals surface area contributed by atoms with Crippen LogP contribution in [-0.2, 0) is 16.1 Å². The minimum Gasteiger partial charge on any atom is -0.481 e. The van der Waals surface area contributed by atoms with Crippen LogP contribution in [0.1, 0.15) is 29.0 Å². The Kier molecular flexibility index (Phi) is 4.52. The maximum atomic E-state index is 12.7. The first-order valence-electron chi connectivity index (χ1n) is 9.01. The van der Waals surface area contributed by atoms with Crippen molar-refractivity contribution in [2.75, 3.05) is 39.4 Å². The first-order valence-corrected chi connectivity index (χ1v) is 9.01. The van der Waals surface area contributed by atoms with Crippen molar-refractivity contribution in [1.29, 1.82) is 0 Å². The van der Waals surface area contributed by atoms with E-state index in [-0.39, 0.29) is 11.8 Å². The topological polar surface area (TPSA) is 83.2 Å². The van der Waals surface area contributed by atoms with Crippen LogP contribution in [-0.4, -0.2) is 66.2 Å². The van der Waals surface area contributed by atoms with Crippen molar-refractivity contribution < 1.29 is 23.8 Å². The number of nitrogens with zero attached hydrogens (tertiary/aromatic N) is 2. The van der Waals surface area contributed by atoms with Gasteiger partial charge in [-0.25, -0.2) is 0 Å². The number of carboxylic acids is 1. The van der Waals surface area contributed by atoms with Crippen molar-refractivity contribution >= 4 is 11.9 Å². The summed E-state index contributed by atoms with van der Waals surface area (Å²) in [5.74, 6) is -0.00535. The summed E-state index contributed by atoms with van der Waals surface area (Å²) in [5.41, 5.74) is 0.517. The van der Waals surface area contributed by atoms with Crippen LogP contribution in [0.5, 0.6) is 0 Å². The van der Waals surface area contributed by atoms with Crippen molar-refractivity contribution in [2.24, 2.45) is 17.8 Å². The molecule has 1 N–H and O–H groups in total. The van der Waals surface area contributed by atoms with Gasteiger partial charge in [0.1, 0.15) is 12.0 Å². The van der Waals surface area contributed by atoms with Gasteiger partial charge in [0.2, 0.25) is 0 Å². The van der Waals surface area contributed by atoms with Gasteiger partial charge in [-0.05, 0) is 30.7 Å². The van der Waals surface area contributed by atoms with Crippen LogP contribution >= 0.6 is 0 Å².